The van der Waals surface area contributed by atoms with Crippen LogP contribution in [0.2, 0.25) is 5.02 Å². The highest BCUT2D eigenvalue weighted by atomic mass is 35.5. The quantitative estimate of drug-likeness (QED) is 0.813. The Morgan fingerprint density at radius 3 is 2.44 bits per heavy atom. The summed E-state index contributed by atoms with van der Waals surface area (Å²) in [6, 6.07) is 11.1. The Balaban J connectivity index is 1.75. The lowest BCUT2D eigenvalue weighted by Gasteiger charge is -2.35. The topological polar surface area (TPSA) is 49.9 Å². The number of sulfonamides is 1. The normalized spacial score (nSPS) is 16.0. The summed E-state index contributed by atoms with van der Waals surface area (Å²) in [4.78, 5) is 2.12. The first-order valence-electron chi connectivity index (χ1n) is 7.76. The molecule has 0 aliphatic carbocycles. The molecule has 0 spiro atoms. The molecule has 1 fully saturated rings. The molecule has 0 aromatic heterocycles. The van der Waals surface area contributed by atoms with Crippen molar-refractivity contribution in [3.63, 3.8) is 0 Å². The highest BCUT2D eigenvalue weighted by Crippen LogP contribution is 2.26. The van der Waals surface area contributed by atoms with E-state index in [1.807, 2.05) is 18.2 Å². The first kappa shape index (κ1) is 18.0. The average Bonchev–Trinajstić information content (AvgIpc) is 2.62. The standard InChI is InChI=1S/C17H18ClFN2O3S/c1-24-17-12-15(5-6-16(17)19)25(22,23)21-9-7-20(8-10-21)14-4-2-3-13(18)11-14/h2-6,11-12H,7-10H2,1H3. The van der Waals surface area contributed by atoms with E-state index in [1.54, 1.807) is 6.07 Å². The minimum atomic E-state index is -3.69. The van der Waals surface area contributed by atoms with Gasteiger partial charge in [-0.05, 0) is 30.3 Å². The van der Waals surface area contributed by atoms with Crippen molar-refractivity contribution in [2.24, 2.45) is 0 Å². The highest BCUT2D eigenvalue weighted by molar-refractivity contribution is 7.89. The second kappa shape index (κ2) is 7.19. The van der Waals surface area contributed by atoms with Crippen molar-refractivity contribution in [3.05, 3.63) is 53.3 Å². The molecule has 0 atom stereocenters. The molecule has 1 saturated heterocycles. The number of piperazine rings is 1. The third-order valence-corrected chi connectivity index (χ3v) is 6.30. The smallest absolute Gasteiger partial charge is 0.243 e. The van der Waals surface area contributed by atoms with Crippen LogP contribution >= 0.6 is 11.6 Å². The molecular weight excluding hydrogens is 367 g/mol. The molecule has 134 valence electrons. The lowest BCUT2D eigenvalue weighted by molar-refractivity contribution is 0.378. The zero-order chi connectivity index (χ0) is 18.0. The van der Waals surface area contributed by atoms with Crippen LogP contribution in [0.15, 0.2) is 47.4 Å². The Hall–Kier alpha value is -1.83. The lowest BCUT2D eigenvalue weighted by Crippen LogP contribution is -2.48. The van der Waals surface area contributed by atoms with Gasteiger partial charge in [0.15, 0.2) is 11.6 Å². The van der Waals surface area contributed by atoms with Gasteiger partial charge in [0.25, 0.3) is 0 Å². The molecule has 0 N–H and O–H groups in total. The Morgan fingerprint density at radius 2 is 1.80 bits per heavy atom. The zero-order valence-electron chi connectivity index (χ0n) is 13.7. The number of halogens is 2. The van der Waals surface area contributed by atoms with Crippen LogP contribution in [0.3, 0.4) is 0 Å². The third-order valence-electron chi connectivity index (χ3n) is 4.17. The molecule has 25 heavy (non-hydrogen) atoms. The van der Waals surface area contributed by atoms with Crippen molar-refractivity contribution in [2.75, 3.05) is 38.2 Å². The maximum atomic E-state index is 13.5. The summed E-state index contributed by atoms with van der Waals surface area (Å²) < 4.78 is 45.3. The predicted molar refractivity (Wildman–Crippen MR) is 95.4 cm³/mol. The van der Waals surface area contributed by atoms with Crippen molar-refractivity contribution in [2.45, 2.75) is 4.90 Å². The number of ether oxygens (including phenoxy) is 1. The minimum absolute atomic E-state index is 0.0296. The number of anilines is 1. The van der Waals surface area contributed by atoms with Crippen molar-refractivity contribution >= 4 is 27.3 Å². The second-order valence-electron chi connectivity index (χ2n) is 5.67. The monoisotopic (exact) mass is 384 g/mol. The van der Waals surface area contributed by atoms with E-state index in [-0.39, 0.29) is 10.6 Å². The van der Waals surface area contributed by atoms with E-state index >= 15 is 0 Å². The fraction of sp³-hybridized carbons (Fsp3) is 0.294. The molecule has 8 heteroatoms. The number of hydrogen-bond donors (Lipinski definition) is 0. The van der Waals surface area contributed by atoms with E-state index < -0.39 is 15.8 Å². The lowest BCUT2D eigenvalue weighted by atomic mass is 10.2. The molecule has 1 heterocycles. The molecule has 0 amide bonds. The molecular formula is C17H18ClFN2O3S. The van der Waals surface area contributed by atoms with Gasteiger partial charge in [-0.2, -0.15) is 4.31 Å². The van der Waals surface area contributed by atoms with E-state index in [0.29, 0.717) is 31.2 Å². The molecule has 0 bridgehead atoms. The van der Waals surface area contributed by atoms with E-state index in [9.17, 15) is 12.8 Å². The fourth-order valence-corrected chi connectivity index (χ4v) is 4.43. The van der Waals surface area contributed by atoms with Crippen LogP contribution < -0.4 is 9.64 Å². The van der Waals surface area contributed by atoms with Crippen LogP contribution in [-0.2, 0) is 10.0 Å². The number of benzene rings is 2. The zero-order valence-corrected chi connectivity index (χ0v) is 15.2. The van der Waals surface area contributed by atoms with Gasteiger partial charge in [0.1, 0.15) is 0 Å². The van der Waals surface area contributed by atoms with Crippen molar-refractivity contribution < 1.29 is 17.5 Å². The second-order valence-corrected chi connectivity index (χ2v) is 8.04. The molecule has 2 aromatic carbocycles. The fourth-order valence-electron chi connectivity index (χ4n) is 2.81. The van der Waals surface area contributed by atoms with Gasteiger partial charge < -0.3 is 9.64 Å². The number of methoxy groups -OCH3 is 1. The van der Waals surface area contributed by atoms with Crippen LogP contribution in [0.1, 0.15) is 0 Å². The molecule has 0 unspecified atom stereocenters. The maximum Gasteiger partial charge on any atom is 0.243 e. The molecule has 0 radical (unpaired) electrons. The summed E-state index contributed by atoms with van der Waals surface area (Å²) in [5.41, 5.74) is 0.966. The number of rotatable bonds is 4. The van der Waals surface area contributed by atoms with E-state index in [0.717, 1.165) is 11.8 Å². The van der Waals surface area contributed by atoms with Crippen LogP contribution in [0.4, 0.5) is 10.1 Å². The van der Waals surface area contributed by atoms with Crippen LogP contribution in [0.25, 0.3) is 0 Å². The van der Waals surface area contributed by atoms with E-state index in [1.165, 1.54) is 23.5 Å². The summed E-state index contributed by atoms with van der Waals surface area (Å²) in [7, 11) is -2.39. The summed E-state index contributed by atoms with van der Waals surface area (Å²) in [6.45, 7) is 1.79. The van der Waals surface area contributed by atoms with Gasteiger partial charge in [-0.1, -0.05) is 17.7 Å². The van der Waals surface area contributed by atoms with Crippen LogP contribution in [-0.4, -0.2) is 46.0 Å². The van der Waals surface area contributed by atoms with Gasteiger partial charge in [0.05, 0.1) is 12.0 Å². The van der Waals surface area contributed by atoms with Crippen LogP contribution in [0, 0.1) is 5.82 Å². The van der Waals surface area contributed by atoms with Crippen molar-refractivity contribution in [1.29, 1.82) is 0 Å². The Labute approximate surface area is 151 Å². The van der Waals surface area contributed by atoms with Gasteiger partial charge in [-0.3, -0.25) is 0 Å². The summed E-state index contributed by atoms with van der Waals surface area (Å²) in [5, 5.41) is 0.644. The first-order valence-corrected chi connectivity index (χ1v) is 9.58. The van der Waals surface area contributed by atoms with Crippen molar-refractivity contribution in [3.8, 4) is 5.75 Å². The summed E-state index contributed by atoms with van der Waals surface area (Å²) >= 11 is 6.01. The van der Waals surface area contributed by atoms with Gasteiger partial charge in [0.2, 0.25) is 10.0 Å². The SMILES string of the molecule is COc1cc(S(=O)(=O)N2CCN(c3cccc(Cl)c3)CC2)ccc1F. The van der Waals surface area contributed by atoms with E-state index in [2.05, 4.69) is 4.90 Å². The number of hydrogen-bond acceptors (Lipinski definition) is 4. The maximum absolute atomic E-state index is 13.5. The molecule has 3 rings (SSSR count). The molecule has 5 nitrogen and oxygen atoms in total. The Morgan fingerprint density at radius 1 is 1.08 bits per heavy atom. The average molecular weight is 385 g/mol. The Kier molecular flexibility index (Phi) is 5.17. The first-order chi connectivity index (χ1) is 11.9. The molecule has 0 saturated carbocycles. The molecule has 1 aliphatic rings. The van der Waals surface area contributed by atoms with Crippen LogP contribution in [0.5, 0.6) is 5.75 Å². The highest BCUT2D eigenvalue weighted by Gasteiger charge is 2.29. The van der Waals surface area contributed by atoms with Crippen molar-refractivity contribution in [1.82, 2.24) is 4.31 Å². The largest absolute Gasteiger partial charge is 0.494 e. The van der Waals surface area contributed by atoms with Gasteiger partial charge in [-0.15, -0.1) is 0 Å². The summed E-state index contributed by atoms with van der Waals surface area (Å²) in [5.74, 6) is -0.675. The third kappa shape index (κ3) is 3.73. The molecule has 2 aromatic rings. The van der Waals surface area contributed by atoms with Gasteiger partial charge >= 0.3 is 0 Å². The molecule has 1 aliphatic heterocycles. The van der Waals surface area contributed by atoms with E-state index in [4.69, 9.17) is 16.3 Å². The summed E-state index contributed by atoms with van der Waals surface area (Å²) in [6.07, 6.45) is 0. The number of nitrogens with zero attached hydrogens (tertiary/aromatic N) is 2. The predicted octanol–water partition coefficient (Wildman–Crippen LogP) is 3.00. The Bertz CT molecular complexity index is 868. The minimum Gasteiger partial charge on any atom is -0.494 e. The van der Waals surface area contributed by atoms with Gasteiger partial charge in [-0.25, -0.2) is 12.8 Å². The van der Waals surface area contributed by atoms with Gasteiger partial charge in [0, 0.05) is 43.0 Å².